The number of aryl methyl sites for hydroxylation is 1. The second-order valence-electron chi connectivity index (χ2n) is 5.86. The van der Waals surface area contributed by atoms with Crippen molar-refractivity contribution in [1.29, 1.82) is 0 Å². The monoisotopic (exact) mass is 390 g/mol. The Hall–Kier alpha value is -2.01. The van der Waals surface area contributed by atoms with Crippen molar-refractivity contribution in [3.05, 3.63) is 63.6 Å². The Bertz CT molecular complexity index is 701. The SMILES string of the molecule is COc1ccc(C)cc1C(C)NC(=O)NC(C)c1ccc(Br)cc1. The van der Waals surface area contributed by atoms with Crippen LogP contribution in [-0.2, 0) is 0 Å². The molecule has 0 aliphatic carbocycles. The van der Waals surface area contributed by atoms with E-state index in [4.69, 9.17) is 4.74 Å². The minimum atomic E-state index is -0.207. The van der Waals surface area contributed by atoms with E-state index in [-0.39, 0.29) is 18.1 Å². The number of urea groups is 1. The van der Waals surface area contributed by atoms with Gasteiger partial charge in [-0.25, -0.2) is 4.79 Å². The molecule has 0 radical (unpaired) electrons. The fraction of sp³-hybridized carbons (Fsp3) is 0.316. The summed E-state index contributed by atoms with van der Waals surface area (Å²) in [6.07, 6.45) is 0. The highest BCUT2D eigenvalue weighted by molar-refractivity contribution is 9.10. The lowest BCUT2D eigenvalue weighted by Gasteiger charge is -2.20. The number of hydrogen-bond donors (Lipinski definition) is 2. The summed E-state index contributed by atoms with van der Waals surface area (Å²) in [5.41, 5.74) is 3.14. The second kappa shape index (κ2) is 8.20. The number of carbonyl (C=O) groups excluding carboxylic acids is 1. The summed E-state index contributed by atoms with van der Waals surface area (Å²) in [4.78, 5) is 12.3. The highest BCUT2D eigenvalue weighted by Gasteiger charge is 2.16. The van der Waals surface area contributed by atoms with Crippen molar-refractivity contribution in [2.75, 3.05) is 7.11 Å². The molecule has 24 heavy (non-hydrogen) atoms. The van der Waals surface area contributed by atoms with E-state index in [1.165, 1.54) is 0 Å². The van der Waals surface area contributed by atoms with Crippen molar-refractivity contribution in [3.8, 4) is 5.75 Å². The van der Waals surface area contributed by atoms with Gasteiger partial charge in [0.05, 0.1) is 19.2 Å². The second-order valence-corrected chi connectivity index (χ2v) is 6.77. The third-order valence-electron chi connectivity index (χ3n) is 3.92. The Morgan fingerprint density at radius 2 is 1.67 bits per heavy atom. The van der Waals surface area contributed by atoms with Crippen LogP contribution in [-0.4, -0.2) is 13.1 Å². The zero-order valence-corrected chi connectivity index (χ0v) is 16.0. The third-order valence-corrected chi connectivity index (χ3v) is 4.45. The predicted octanol–water partition coefficient (Wildman–Crippen LogP) is 4.89. The zero-order chi connectivity index (χ0) is 17.7. The Balaban J connectivity index is 2.01. The number of nitrogens with one attached hydrogen (secondary N) is 2. The smallest absolute Gasteiger partial charge is 0.315 e. The number of ether oxygens (including phenoxy) is 1. The van der Waals surface area contributed by atoms with Gasteiger partial charge >= 0.3 is 6.03 Å². The zero-order valence-electron chi connectivity index (χ0n) is 14.4. The highest BCUT2D eigenvalue weighted by atomic mass is 79.9. The quantitative estimate of drug-likeness (QED) is 0.763. The van der Waals surface area contributed by atoms with Crippen LogP contribution in [0.25, 0.3) is 0 Å². The first kappa shape index (κ1) is 18.3. The van der Waals surface area contributed by atoms with Gasteiger partial charge in [0.1, 0.15) is 5.75 Å². The van der Waals surface area contributed by atoms with Crippen LogP contribution >= 0.6 is 15.9 Å². The number of hydrogen-bond acceptors (Lipinski definition) is 2. The molecule has 2 amide bonds. The van der Waals surface area contributed by atoms with E-state index in [1.54, 1.807) is 7.11 Å². The molecule has 0 aromatic heterocycles. The number of carbonyl (C=O) groups is 1. The maximum atomic E-state index is 12.3. The van der Waals surface area contributed by atoms with Crippen LogP contribution in [0.2, 0.25) is 0 Å². The van der Waals surface area contributed by atoms with Crippen LogP contribution < -0.4 is 15.4 Å². The van der Waals surface area contributed by atoms with Gasteiger partial charge in [-0.2, -0.15) is 0 Å². The molecular weight excluding hydrogens is 368 g/mol. The minimum absolute atomic E-state index is 0.0790. The number of amides is 2. The summed E-state index contributed by atoms with van der Waals surface area (Å²) >= 11 is 3.41. The molecule has 4 nitrogen and oxygen atoms in total. The topological polar surface area (TPSA) is 50.4 Å². The molecule has 0 aliphatic rings. The molecule has 0 saturated heterocycles. The largest absolute Gasteiger partial charge is 0.496 e. The van der Waals surface area contributed by atoms with Crippen molar-refractivity contribution < 1.29 is 9.53 Å². The van der Waals surface area contributed by atoms with Crippen LogP contribution in [0.4, 0.5) is 4.79 Å². The van der Waals surface area contributed by atoms with Gasteiger partial charge in [0.25, 0.3) is 0 Å². The molecule has 0 bridgehead atoms. The summed E-state index contributed by atoms with van der Waals surface area (Å²) in [6.45, 7) is 5.92. The van der Waals surface area contributed by atoms with Gasteiger partial charge in [0, 0.05) is 10.0 Å². The summed E-state index contributed by atoms with van der Waals surface area (Å²) < 4.78 is 6.41. The molecule has 2 rings (SSSR count). The van der Waals surface area contributed by atoms with Gasteiger partial charge < -0.3 is 15.4 Å². The third kappa shape index (κ3) is 4.74. The van der Waals surface area contributed by atoms with E-state index in [1.807, 2.05) is 63.2 Å². The van der Waals surface area contributed by atoms with Crippen LogP contribution in [0.5, 0.6) is 5.75 Å². The molecule has 0 heterocycles. The molecule has 2 aromatic rings. The van der Waals surface area contributed by atoms with E-state index in [0.29, 0.717) is 0 Å². The maximum absolute atomic E-state index is 12.3. The number of benzene rings is 2. The van der Waals surface area contributed by atoms with Crippen LogP contribution in [0, 0.1) is 6.92 Å². The maximum Gasteiger partial charge on any atom is 0.315 e. The van der Waals surface area contributed by atoms with Crippen molar-refractivity contribution in [2.45, 2.75) is 32.9 Å². The molecule has 2 N–H and O–H groups in total. The molecule has 2 atom stereocenters. The summed E-state index contributed by atoms with van der Waals surface area (Å²) in [6, 6.07) is 13.4. The number of rotatable bonds is 5. The van der Waals surface area contributed by atoms with Gasteiger partial charge in [-0.05, 0) is 44.5 Å². The summed E-state index contributed by atoms with van der Waals surface area (Å²) in [5, 5.41) is 5.93. The Kier molecular flexibility index (Phi) is 6.26. The lowest BCUT2D eigenvalue weighted by Crippen LogP contribution is -2.38. The molecule has 128 valence electrons. The number of halogens is 1. The molecule has 2 aromatic carbocycles. The molecule has 2 unspecified atom stereocenters. The number of methoxy groups -OCH3 is 1. The van der Waals surface area contributed by atoms with E-state index in [9.17, 15) is 4.79 Å². The lowest BCUT2D eigenvalue weighted by molar-refractivity contribution is 0.234. The average Bonchev–Trinajstić information content (AvgIpc) is 2.55. The van der Waals surface area contributed by atoms with E-state index < -0.39 is 0 Å². The molecule has 0 spiro atoms. The van der Waals surface area contributed by atoms with Crippen molar-refractivity contribution in [1.82, 2.24) is 10.6 Å². The van der Waals surface area contributed by atoms with Crippen LogP contribution in [0.1, 0.15) is 42.6 Å². The highest BCUT2D eigenvalue weighted by Crippen LogP contribution is 2.26. The van der Waals surface area contributed by atoms with Gasteiger partial charge in [-0.15, -0.1) is 0 Å². The first-order valence-corrected chi connectivity index (χ1v) is 8.67. The van der Waals surface area contributed by atoms with Crippen molar-refractivity contribution in [3.63, 3.8) is 0 Å². The fourth-order valence-corrected chi connectivity index (χ4v) is 2.80. The Morgan fingerprint density at radius 3 is 2.29 bits per heavy atom. The molecule has 0 fully saturated rings. The summed E-state index contributed by atoms with van der Waals surface area (Å²) in [5.74, 6) is 0.773. The molecule has 0 saturated carbocycles. The van der Waals surface area contributed by atoms with E-state index in [2.05, 4.69) is 26.6 Å². The van der Waals surface area contributed by atoms with Gasteiger partial charge in [0.15, 0.2) is 0 Å². The fourth-order valence-electron chi connectivity index (χ4n) is 2.54. The van der Waals surface area contributed by atoms with Crippen molar-refractivity contribution >= 4 is 22.0 Å². The lowest BCUT2D eigenvalue weighted by atomic mass is 10.0. The Labute approximate surface area is 151 Å². The predicted molar refractivity (Wildman–Crippen MR) is 100 cm³/mol. The van der Waals surface area contributed by atoms with E-state index in [0.717, 1.165) is 26.9 Å². The molecular formula is C19H23BrN2O2. The normalized spacial score (nSPS) is 13.0. The van der Waals surface area contributed by atoms with Crippen LogP contribution in [0.3, 0.4) is 0 Å². The van der Waals surface area contributed by atoms with Gasteiger partial charge in [-0.3, -0.25) is 0 Å². The van der Waals surface area contributed by atoms with Gasteiger partial charge in [0.2, 0.25) is 0 Å². The van der Waals surface area contributed by atoms with Crippen LogP contribution in [0.15, 0.2) is 46.9 Å². The van der Waals surface area contributed by atoms with Gasteiger partial charge in [-0.1, -0.05) is 45.8 Å². The minimum Gasteiger partial charge on any atom is -0.496 e. The average molecular weight is 391 g/mol. The summed E-state index contributed by atoms with van der Waals surface area (Å²) in [7, 11) is 1.64. The Morgan fingerprint density at radius 1 is 1.04 bits per heavy atom. The molecule has 5 heteroatoms. The first-order valence-electron chi connectivity index (χ1n) is 7.87. The molecule has 0 aliphatic heterocycles. The van der Waals surface area contributed by atoms with Crippen molar-refractivity contribution in [2.24, 2.45) is 0 Å². The van der Waals surface area contributed by atoms with E-state index >= 15 is 0 Å². The first-order chi connectivity index (χ1) is 11.4. The standard InChI is InChI=1S/C19H23BrN2O2/c1-12-5-10-18(24-4)17(11-12)14(3)22-19(23)21-13(2)15-6-8-16(20)9-7-15/h5-11,13-14H,1-4H3,(H2,21,22,23).